The van der Waals surface area contributed by atoms with Gasteiger partial charge in [-0.3, -0.25) is 9.59 Å². The highest BCUT2D eigenvalue weighted by atomic mass is 19.1. The minimum atomic E-state index is -1.45. The summed E-state index contributed by atoms with van der Waals surface area (Å²) in [6.45, 7) is 1.45. The van der Waals surface area contributed by atoms with Crippen molar-refractivity contribution in [2.75, 3.05) is 19.8 Å². The van der Waals surface area contributed by atoms with Gasteiger partial charge in [0.25, 0.3) is 0 Å². The number of ketones is 1. The maximum atomic E-state index is 14.5. The molecule has 33 heavy (non-hydrogen) atoms. The fraction of sp³-hybridized carbons (Fsp3) is 0.217. The molecule has 9 nitrogen and oxygen atoms in total. The zero-order chi connectivity index (χ0) is 23.4. The molecule has 0 aliphatic carbocycles. The third kappa shape index (κ3) is 4.60. The Morgan fingerprint density at radius 1 is 1.39 bits per heavy atom. The van der Waals surface area contributed by atoms with Gasteiger partial charge < -0.3 is 24.3 Å². The van der Waals surface area contributed by atoms with Crippen LogP contribution in [0, 0.1) is 11.7 Å². The van der Waals surface area contributed by atoms with E-state index in [1.54, 1.807) is 25.4 Å². The smallest absolute Gasteiger partial charge is 0.326 e. The van der Waals surface area contributed by atoms with Crippen LogP contribution in [0.2, 0.25) is 0 Å². The molecular weight excluding hydrogens is 433 g/mol. The van der Waals surface area contributed by atoms with Gasteiger partial charge >= 0.3 is 5.97 Å². The van der Waals surface area contributed by atoms with Gasteiger partial charge in [-0.15, -0.1) is 0 Å². The lowest BCUT2D eigenvalue weighted by molar-refractivity contribution is -0.147. The molecule has 1 aliphatic heterocycles. The van der Waals surface area contributed by atoms with Crippen molar-refractivity contribution in [2.24, 2.45) is 10.9 Å². The number of aromatic nitrogens is 2. The predicted octanol–water partition coefficient (Wildman–Crippen LogP) is 2.92. The second-order valence-corrected chi connectivity index (χ2v) is 6.94. The number of carbonyl (C=O) groups excluding carboxylic acids is 2. The van der Waals surface area contributed by atoms with E-state index in [2.05, 4.69) is 15.0 Å². The van der Waals surface area contributed by atoms with Gasteiger partial charge in [0.05, 0.1) is 13.2 Å². The zero-order valence-electron chi connectivity index (χ0n) is 17.6. The molecule has 170 valence electrons. The summed E-state index contributed by atoms with van der Waals surface area (Å²) in [5.74, 6) is -3.90. The van der Waals surface area contributed by atoms with Crippen LogP contribution >= 0.6 is 0 Å². The Kier molecular flexibility index (Phi) is 6.45. The first-order chi connectivity index (χ1) is 16.0. The molecule has 1 aromatic carbocycles. The lowest BCUT2D eigenvalue weighted by atomic mass is 10.0. The topological polar surface area (TPSA) is 123 Å². The number of fused-ring (bicyclic) bond motifs is 1. The van der Waals surface area contributed by atoms with Crippen molar-refractivity contribution < 1.29 is 33.3 Å². The molecule has 1 atom stereocenters. The first kappa shape index (κ1) is 22.2. The number of hydrogen-bond acceptors (Lipinski definition) is 8. The molecule has 0 spiro atoms. The van der Waals surface area contributed by atoms with Crippen LogP contribution in [0.3, 0.4) is 0 Å². The number of nitrogens with zero attached hydrogens (tertiary/aromatic N) is 2. The number of H-pyrrole nitrogens is 1. The van der Waals surface area contributed by atoms with Crippen molar-refractivity contribution in [1.29, 1.82) is 0 Å². The number of aliphatic hydroxyl groups is 1. The maximum Gasteiger partial charge on any atom is 0.326 e. The molecule has 1 aliphatic rings. The number of allylic oxidation sites excluding steroid dienone is 1. The summed E-state index contributed by atoms with van der Waals surface area (Å²) in [6.07, 6.45) is 4.75. The maximum absolute atomic E-state index is 14.5. The Morgan fingerprint density at radius 3 is 3.00 bits per heavy atom. The molecule has 0 saturated carbocycles. The van der Waals surface area contributed by atoms with Crippen LogP contribution in [0.4, 0.5) is 10.1 Å². The van der Waals surface area contributed by atoms with Gasteiger partial charge in [0.1, 0.15) is 23.7 Å². The summed E-state index contributed by atoms with van der Waals surface area (Å²) < 4.78 is 30.4. The number of nitrogens with one attached hydrogen (secondary N) is 1. The van der Waals surface area contributed by atoms with Gasteiger partial charge in [-0.2, -0.15) is 0 Å². The number of carbonyl (C=O) groups is 2. The standard InChI is InChI=1S/C23H20FN3O6/c1-2-31-23(30)19-20(29)18(10-13-12-26-21-15(13)4-3-7-25-21)33-22(19)27-17-6-5-14(11-16(17)24)32-9-8-28/h3-7,10-12,19,28H,2,8-9H2,1H3,(H,25,26)/b18-10-,27-22?. The van der Waals surface area contributed by atoms with Crippen molar-refractivity contribution in [3.05, 3.63) is 59.9 Å². The molecular formula is C23H20FN3O6. The van der Waals surface area contributed by atoms with Crippen LogP contribution in [-0.2, 0) is 19.1 Å². The third-order valence-electron chi connectivity index (χ3n) is 4.77. The number of hydrogen-bond donors (Lipinski definition) is 2. The number of aliphatic imine (C=N–C) groups is 1. The molecule has 3 aromatic rings. The van der Waals surface area contributed by atoms with Crippen LogP contribution in [-0.4, -0.2) is 52.5 Å². The van der Waals surface area contributed by atoms with Crippen molar-refractivity contribution in [3.63, 3.8) is 0 Å². The Bertz CT molecular complexity index is 1270. The molecule has 4 rings (SSSR count). The van der Waals surface area contributed by atoms with Crippen LogP contribution < -0.4 is 4.74 Å². The summed E-state index contributed by atoms with van der Waals surface area (Å²) in [5.41, 5.74) is 1.10. The third-order valence-corrected chi connectivity index (χ3v) is 4.77. The van der Waals surface area contributed by atoms with Crippen LogP contribution in [0.1, 0.15) is 12.5 Å². The van der Waals surface area contributed by atoms with E-state index in [0.717, 1.165) is 11.5 Å². The number of pyridine rings is 1. The summed E-state index contributed by atoms with van der Waals surface area (Å²) in [6, 6.07) is 7.42. The monoisotopic (exact) mass is 453 g/mol. The van der Waals surface area contributed by atoms with E-state index >= 15 is 0 Å². The van der Waals surface area contributed by atoms with Crippen molar-refractivity contribution in [3.8, 4) is 5.75 Å². The number of halogens is 1. The fourth-order valence-corrected chi connectivity index (χ4v) is 3.29. The first-order valence-corrected chi connectivity index (χ1v) is 10.2. The second kappa shape index (κ2) is 9.61. The van der Waals surface area contributed by atoms with E-state index in [0.29, 0.717) is 11.2 Å². The van der Waals surface area contributed by atoms with Crippen LogP contribution in [0.15, 0.2) is 53.5 Å². The van der Waals surface area contributed by atoms with E-state index < -0.39 is 23.5 Å². The van der Waals surface area contributed by atoms with Crippen LogP contribution in [0.5, 0.6) is 5.75 Å². The summed E-state index contributed by atoms with van der Waals surface area (Å²) in [4.78, 5) is 36.8. The molecule has 1 unspecified atom stereocenters. The summed E-state index contributed by atoms with van der Waals surface area (Å²) in [7, 11) is 0. The van der Waals surface area contributed by atoms with E-state index in [9.17, 15) is 14.0 Å². The van der Waals surface area contributed by atoms with E-state index in [-0.39, 0.29) is 42.9 Å². The highest BCUT2D eigenvalue weighted by Crippen LogP contribution is 2.31. The quantitative estimate of drug-likeness (QED) is 0.320. The summed E-state index contributed by atoms with van der Waals surface area (Å²) >= 11 is 0. The van der Waals surface area contributed by atoms with Crippen molar-refractivity contribution in [2.45, 2.75) is 6.92 Å². The minimum absolute atomic E-state index is 0.00730. The van der Waals surface area contributed by atoms with Crippen LogP contribution in [0.25, 0.3) is 17.1 Å². The van der Waals surface area contributed by atoms with Gasteiger partial charge in [-0.25, -0.2) is 14.4 Å². The number of aliphatic hydroxyl groups excluding tert-OH is 1. The predicted molar refractivity (Wildman–Crippen MR) is 116 cm³/mol. The van der Waals surface area contributed by atoms with Gasteiger partial charge in [0.15, 0.2) is 17.5 Å². The molecule has 1 saturated heterocycles. The Hall–Kier alpha value is -4.05. The van der Waals surface area contributed by atoms with Gasteiger partial charge in [0, 0.05) is 29.4 Å². The number of benzene rings is 1. The Morgan fingerprint density at radius 2 is 2.24 bits per heavy atom. The van der Waals surface area contributed by atoms with Crippen molar-refractivity contribution in [1.82, 2.24) is 9.97 Å². The summed E-state index contributed by atoms with van der Waals surface area (Å²) in [5, 5.41) is 9.58. The Labute approximate surface area is 187 Å². The van der Waals surface area contributed by atoms with E-state index in [1.165, 1.54) is 18.2 Å². The van der Waals surface area contributed by atoms with Crippen molar-refractivity contribution >= 4 is 40.4 Å². The lowest BCUT2D eigenvalue weighted by Crippen LogP contribution is -2.27. The average Bonchev–Trinajstić information content (AvgIpc) is 3.35. The molecule has 2 aromatic heterocycles. The minimum Gasteiger partial charge on any atom is -0.491 e. The van der Waals surface area contributed by atoms with E-state index in [4.69, 9.17) is 19.3 Å². The normalized spacial score (nSPS) is 18.2. The number of ether oxygens (including phenoxy) is 3. The number of Topliss-reactive ketones (excluding diaryl/α,β-unsaturated/α-hetero) is 1. The molecule has 0 amide bonds. The molecule has 0 bridgehead atoms. The lowest BCUT2D eigenvalue weighted by Gasteiger charge is -2.08. The number of rotatable bonds is 7. The molecule has 10 heteroatoms. The number of aromatic amines is 1. The molecule has 0 radical (unpaired) electrons. The first-order valence-electron chi connectivity index (χ1n) is 10.2. The van der Waals surface area contributed by atoms with Gasteiger partial charge in [-0.1, -0.05) is 0 Å². The second-order valence-electron chi connectivity index (χ2n) is 6.94. The van der Waals surface area contributed by atoms with Gasteiger partial charge in [-0.05, 0) is 37.3 Å². The number of esters is 1. The highest BCUT2D eigenvalue weighted by molar-refractivity contribution is 6.27. The van der Waals surface area contributed by atoms with Gasteiger partial charge in [0.2, 0.25) is 11.7 Å². The zero-order valence-corrected chi connectivity index (χ0v) is 17.6. The largest absolute Gasteiger partial charge is 0.491 e. The SMILES string of the molecule is CCOC(=O)C1C(=O)/C(=C/c2c[nH]c3ncccc23)OC1=Nc1ccc(OCCO)cc1F. The van der Waals surface area contributed by atoms with E-state index in [1.807, 2.05) is 6.07 Å². The molecule has 3 heterocycles. The average molecular weight is 453 g/mol. The Balaban J connectivity index is 1.70. The fourth-order valence-electron chi connectivity index (χ4n) is 3.29. The highest BCUT2D eigenvalue weighted by Gasteiger charge is 2.44. The molecule has 1 fully saturated rings. The molecule has 2 N–H and O–H groups in total.